The van der Waals surface area contributed by atoms with Crippen LogP contribution in [-0.4, -0.2) is 55.6 Å². The summed E-state index contributed by atoms with van der Waals surface area (Å²) >= 11 is 3.53. The molecule has 0 radical (unpaired) electrons. The van der Waals surface area contributed by atoms with E-state index in [0.29, 0.717) is 0 Å². The molecule has 1 aliphatic rings. The number of anilines is 2. The molecule has 1 aliphatic heterocycles. The molecule has 4 rings (SSSR count). The highest BCUT2D eigenvalue weighted by atomic mass is 127. The summed E-state index contributed by atoms with van der Waals surface area (Å²) in [6.07, 6.45) is 3.15. The average molecular weight is 633 g/mol. The smallest absolute Gasteiger partial charge is 0.138 e. The number of thioether (sulfide) groups is 1. The van der Waals surface area contributed by atoms with E-state index in [1.807, 2.05) is 0 Å². The van der Waals surface area contributed by atoms with Crippen molar-refractivity contribution in [3.8, 4) is 5.40 Å². The van der Waals surface area contributed by atoms with Gasteiger partial charge in [0.15, 0.2) is 0 Å². The van der Waals surface area contributed by atoms with Gasteiger partial charge in [-0.15, -0.1) is 0 Å². The summed E-state index contributed by atoms with van der Waals surface area (Å²) in [7, 11) is 0. The fraction of sp³-hybridized carbons (Fsp3) is 0.345. The van der Waals surface area contributed by atoms with Crippen LogP contribution in [0.1, 0.15) is 18.4 Å². The van der Waals surface area contributed by atoms with Gasteiger partial charge >= 0.3 is 0 Å². The predicted octanol–water partition coefficient (Wildman–Crippen LogP) is 6.92. The molecule has 3 aromatic carbocycles. The quantitative estimate of drug-likeness (QED) is 0.130. The number of piperazine rings is 1. The largest absolute Gasteiger partial charge is 0.341 e. The van der Waals surface area contributed by atoms with E-state index in [0.717, 1.165) is 84.9 Å². The van der Waals surface area contributed by atoms with Crippen molar-refractivity contribution in [2.75, 3.05) is 50.7 Å². The van der Waals surface area contributed by atoms with Gasteiger partial charge in [0.1, 0.15) is 17.0 Å². The SMILES string of the molecule is N#CSc1ccc(CCCN2CCN(CCCN(c3ccc(F)cc3)c3ccc(F)cc3)CC2)cc1I. The fourth-order valence-electron chi connectivity index (χ4n) is 4.68. The summed E-state index contributed by atoms with van der Waals surface area (Å²) in [6, 6.07) is 19.4. The number of nitrogens with zero attached hydrogens (tertiary/aromatic N) is 4. The molecule has 4 nitrogen and oxygen atoms in total. The maximum absolute atomic E-state index is 13.5. The molecule has 0 atom stereocenters. The third-order valence-corrected chi connectivity index (χ3v) is 8.61. The molecule has 0 aliphatic carbocycles. The highest BCUT2D eigenvalue weighted by Crippen LogP contribution is 2.27. The number of benzene rings is 3. The van der Waals surface area contributed by atoms with E-state index in [4.69, 9.17) is 5.26 Å². The molecule has 0 saturated carbocycles. The molecule has 1 saturated heterocycles. The van der Waals surface area contributed by atoms with E-state index in [1.165, 1.54) is 41.6 Å². The van der Waals surface area contributed by atoms with E-state index >= 15 is 0 Å². The summed E-state index contributed by atoms with van der Waals surface area (Å²) < 4.78 is 28.1. The highest BCUT2D eigenvalue weighted by Gasteiger charge is 2.17. The molecule has 8 heteroatoms. The van der Waals surface area contributed by atoms with E-state index in [9.17, 15) is 8.78 Å². The van der Waals surface area contributed by atoms with Crippen LogP contribution in [0.4, 0.5) is 20.2 Å². The number of halogens is 3. The number of aryl methyl sites for hydroxylation is 1. The van der Waals surface area contributed by atoms with Crippen LogP contribution in [0.25, 0.3) is 0 Å². The Morgan fingerprint density at radius 3 is 1.86 bits per heavy atom. The Labute approximate surface area is 236 Å². The molecule has 0 aromatic heterocycles. The second kappa shape index (κ2) is 14.1. The molecular formula is C29H31F2IN4S. The normalized spacial score (nSPS) is 14.4. The van der Waals surface area contributed by atoms with Crippen molar-refractivity contribution in [1.82, 2.24) is 9.80 Å². The van der Waals surface area contributed by atoms with E-state index in [1.54, 1.807) is 24.3 Å². The first-order valence-corrected chi connectivity index (χ1v) is 14.5. The van der Waals surface area contributed by atoms with Crippen molar-refractivity contribution < 1.29 is 8.78 Å². The van der Waals surface area contributed by atoms with Crippen molar-refractivity contribution >= 4 is 45.7 Å². The molecule has 0 bridgehead atoms. The molecule has 194 valence electrons. The summed E-state index contributed by atoms with van der Waals surface area (Å²) in [6.45, 7) is 7.15. The van der Waals surface area contributed by atoms with Crippen molar-refractivity contribution in [3.05, 3.63) is 87.5 Å². The zero-order valence-electron chi connectivity index (χ0n) is 20.8. The van der Waals surface area contributed by atoms with Crippen LogP contribution in [0.5, 0.6) is 0 Å². The zero-order valence-corrected chi connectivity index (χ0v) is 23.7. The summed E-state index contributed by atoms with van der Waals surface area (Å²) in [5, 5.41) is 11.0. The summed E-state index contributed by atoms with van der Waals surface area (Å²) in [5.41, 5.74) is 3.15. The van der Waals surface area contributed by atoms with Gasteiger partial charge in [-0.3, -0.25) is 0 Å². The van der Waals surface area contributed by atoms with Gasteiger partial charge in [0.05, 0.1) is 0 Å². The number of nitriles is 1. The fourth-order valence-corrected chi connectivity index (χ4v) is 5.98. The highest BCUT2D eigenvalue weighted by molar-refractivity contribution is 14.1. The molecule has 1 heterocycles. The first-order chi connectivity index (χ1) is 18.0. The minimum Gasteiger partial charge on any atom is -0.341 e. The van der Waals surface area contributed by atoms with Crippen molar-refractivity contribution in [1.29, 1.82) is 5.26 Å². The molecule has 0 N–H and O–H groups in total. The second-order valence-corrected chi connectivity index (χ2v) is 11.2. The number of hydrogen-bond donors (Lipinski definition) is 0. The molecule has 0 spiro atoms. The molecule has 37 heavy (non-hydrogen) atoms. The second-order valence-electron chi connectivity index (χ2n) is 9.20. The lowest BCUT2D eigenvalue weighted by atomic mass is 10.1. The lowest BCUT2D eigenvalue weighted by Gasteiger charge is -2.35. The van der Waals surface area contributed by atoms with Crippen LogP contribution in [0.3, 0.4) is 0 Å². The first kappa shape index (κ1) is 27.8. The molecule has 3 aromatic rings. The Balaban J connectivity index is 1.20. The topological polar surface area (TPSA) is 33.5 Å². The van der Waals surface area contributed by atoms with Gasteiger partial charge in [-0.2, -0.15) is 5.26 Å². The van der Waals surface area contributed by atoms with Crippen molar-refractivity contribution in [3.63, 3.8) is 0 Å². The Hall–Kier alpha value is -2.19. The maximum atomic E-state index is 13.5. The van der Waals surface area contributed by atoms with E-state index in [-0.39, 0.29) is 11.6 Å². The lowest BCUT2D eigenvalue weighted by Crippen LogP contribution is -2.47. The van der Waals surface area contributed by atoms with E-state index in [2.05, 4.69) is 60.9 Å². The minimum atomic E-state index is -0.261. The van der Waals surface area contributed by atoms with Crippen molar-refractivity contribution in [2.24, 2.45) is 0 Å². The molecule has 1 fully saturated rings. The molecular weight excluding hydrogens is 601 g/mol. The van der Waals surface area contributed by atoms with Gasteiger partial charge in [-0.1, -0.05) is 6.07 Å². The van der Waals surface area contributed by atoms with Crippen LogP contribution in [0.15, 0.2) is 71.6 Å². The van der Waals surface area contributed by atoms with Crippen LogP contribution < -0.4 is 4.90 Å². The lowest BCUT2D eigenvalue weighted by molar-refractivity contribution is 0.131. The molecule has 0 unspecified atom stereocenters. The molecule has 0 amide bonds. The maximum Gasteiger partial charge on any atom is 0.138 e. The van der Waals surface area contributed by atoms with Gasteiger partial charge < -0.3 is 14.7 Å². The Morgan fingerprint density at radius 2 is 1.35 bits per heavy atom. The van der Waals surface area contributed by atoms with Gasteiger partial charge in [-0.05, 0) is 133 Å². The van der Waals surface area contributed by atoms with Crippen molar-refractivity contribution in [2.45, 2.75) is 24.2 Å². The number of thiocyanates is 1. The van der Waals surface area contributed by atoms with Crippen LogP contribution in [-0.2, 0) is 6.42 Å². The first-order valence-electron chi connectivity index (χ1n) is 12.6. The van der Waals surface area contributed by atoms with Gasteiger partial charge in [0.25, 0.3) is 0 Å². The Morgan fingerprint density at radius 1 is 0.811 bits per heavy atom. The van der Waals surface area contributed by atoms with Crippen LogP contribution >= 0.6 is 34.4 Å². The third kappa shape index (κ3) is 8.40. The predicted molar refractivity (Wildman–Crippen MR) is 156 cm³/mol. The van der Waals surface area contributed by atoms with Crippen LogP contribution in [0, 0.1) is 25.9 Å². The van der Waals surface area contributed by atoms with Gasteiger partial charge in [-0.25, -0.2) is 8.78 Å². The standard InChI is InChI=1S/C29H31F2IN4S/c30-24-5-9-26(10-6-24)36(27-11-7-25(31)8-12-27)16-2-15-35-19-17-34(18-20-35)14-1-3-23-4-13-29(37-22-33)28(32)21-23/h4-13,21H,1-3,14-20H2. The number of hydrogen-bond acceptors (Lipinski definition) is 5. The average Bonchev–Trinajstić information content (AvgIpc) is 2.90. The number of rotatable bonds is 11. The van der Waals surface area contributed by atoms with Gasteiger partial charge in [0, 0.05) is 52.6 Å². The third-order valence-electron chi connectivity index (χ3n) is 6.69. The minimum absolute atomic E-state index is 0.261. The monoisotopic (exact) mass is 632 g/mol. The Kier molecular flexibility index (Phi) is 10.6. The summed E-state index contributed by atoms with van der Waals surface area (Å²) in [4.78, 5) is 8.21. The van der Waals surface area contributed by atoms with Crippen LogP contribution in [0.2, 0.25) is 0 Å². The van der Waals surface area contributed by atoms with E-state index < -0.39 is 0 Å². The summed E-state index contributed by atoms with van der Waals surface area (Å²) in [5.74, 6) is -0.522. The van der Waals surface area contributed by atoms with Gasteiger partial charge in [0.2, 0.25) is 0 Å². The zero-order chi connectivity index (χ0) is 26.0. The Bertz CT molecular complexity index is 1130.